The quantitative estimate of drug-likeness (QED) is 0.686. The van der Waals surface area contributed by atoms with E-state index in [-0.39, 0.29) is 36.0 Å². The topological polar surface area (TPSA) is 64.4 Å². The van der Waals surface area contributed by atoms with Crippen LogP contribution >= 0.6 is 12.4 Å². The van der Waals surface area contributed by atoms with Crippen LogP contribution in [0.3, 0.4) is 0 Å². The second-order valence-electron chi connectivity index (χ2n) is 4.71. The van der Waals surface area contributed by atoms with Gasteiger partial charge in [0.05, 0.1) is 4.92 Å². The lowest BCUT2D eigenvalue weighted by atomic mass is 9.92. The van der Waals surface area contributed by atoms with Crippen molar-refractivity contribution in [2.24, 2.45) is 0 Å². The van der Waals surface area contributed by atoms with Gasteiger partial charge in [0.1, 0.15) is 11.9 Å². The number of nitro groups is 1. The second-order valence-corrected chi connectivity index (χ2v) is 4.71. The fourth-order valence-corrected chi connectivity index (χ4v) is 2.46. The Morgan fingerprint density at radius 2 is 2.10 bits per heavy atom. The first kappa shape index (κ1) is 16.7. The molecule has 1 aliphatic carbocycles. The molecule has 0 bridgehead atoms. The molecule has 112 valence electrons. The molecule has 0 aromatic heterocycles. The lowest BCUT2D eigenvalue weighted by Gasteiger charge is -2.31. The largest absolute Gasteiger partial charge is 0.482 e. The molecule has 1 aliphatic rings. The van der Waals surface area contributed by atoms with Crippen LogP contribution in [0.1, 0.15) is 25.7 Å². The summed E-state index contributed by atoms with van der Waals surface area (Å²) in [6, 6.07) is 3.44. The van der Waals surface area contributed by atoms with Crippen molar-refractivity contribution in [3.05, 3.63) is 34.1 Å². The van der Waals surface area contributed by atoms with E-state index in [0.29, 0.717) is 0 Å². The number of nitrogens with zero attached hydrogens (tertiary/aromatic N) is 1. The zero-order valence-electron chi connectivity index (χ0n) is 11.2. The highest BCUT2D eigenvalue weighted by atomic mass is 35.5. The fourth-order valence-electron chi connectivity index (χ4n) is 2.46. The molecule has 1 fully saturated rings. The standard InChI is InChI=1S/C13H17FN2O3.ClH/c1-15-10-4-2-3-5-12(10)19-13-8-9(14)6-7-11(13)16(17)18;/h6-8,10,12,15H,2-5H2,1H3;1H/t10-,12-;/m1./s1. The summed E-state index contributed by atoms with van der Waals surface area (Å²) in [6.45, 7) is 0. The van der Waals surface area contributed by atoms with Gasteiger partial charge in [0.25, 0.3) is 0 Å². The maximum atomic E-state index is 13.2. The zero-order valence-corrected chi connectivity index (χ0v) is 12.0. The SMILES string of the molecule is CN[C@@H]1CCCC[C@H]1Oc1cc(F)ccc1[N+](=O)[O-].Cl. The van der Waals surface area contributed by atoms with Gasteiger partial charge in [0.2, 0.25) is 0 Å². The molecule has 0 spiro atoms. The molecular weight excluding hydrogens is 287 g/mol. The Labute approximate surface area is 123 Å². The predicted octanol–water partition coefficient (Wildman–Crippen LogP) is 3.07. The lowest BCUT2D eigenvalue weighted by Crippen LogP contribution is -2.43. The molecule has 5 nitrogen and oxygen atoms in total. The van der Waals surface area contributed by atoms with Crippen LogP contribution < -0.4 is 10.1 Å². The average molecular weight is 305 g/mol. The number of likely N-dealkylation sites (N-methyl/N-ethyl adjacent to an activating group) is 1. The molecule has 1 N–H and O–H groups in total. The van der Waals surface area contributed by atoms with Gasteiger partial charge in [-0.25, -0.2) is 4.39 Å². The summed E-state index contributed by atoms with van der Waals surface area (Å²) < 4.78 is 18.9. The van der Waals surface area contributed by atoms with Gasteiger partial charge in [-0.1, -0.05) is 6.42 Å². The number of nitro benzene ring substituents is 1. The maximum absolute atomic E-state index is 13.2. The minimum absolute atomic E-state index is 0. The van der Waals surface area contributed by atoms with E-state index in [0.717, 1.165) is 43.9 Å². The highest BCUT2D eigenvalue weighted by Gasteiger charge is 2.28. The lowest BCUT2D eigenvalue weighted by molar-refractivity contribution is -0.386. The van der Waals surface area contributed by atoms with E-state index in [4.69, 9.17) is 4.74 Å². The number of benzene rings is 1. The molecule has 0 radical (unpaired) electrons. The van der Waals surface area contributed by atoms with E-state index < -0.39 is 10.7 Å². The number of rotatable bonds is 4. The van der Waals surface area contributed by atoms with Gasteiger partial charge in [0.15, 0.2) is 5.75 Å². The summed E-state index contributed by atoms with van der Waals surface area (Å²) in [5.74, 6) is -0.519. The molecular formula is C13H18ClFN2O3. The third kappa shape index (κ3) is 3.80. The number of nitrogens with one attached hydrogen (secondary N) is 1. The smallest absolute Gasteiger partial charge is 0.311 e. The van der Waals surface area contributed by atoms with Crippen molar-refractivity contribution in [3.8, 4) is 5.75 Å². The second kappa shape index (κ2) is 7.40. The Balaban J connectivity index is 0.00000200. The molecule has 1 aromatic rings. The summed E-state index contributed by atoms with van der Waals surface area (Å²) in [6.07, 6.45) is 3.76. The van der Waals surface area contributed by atoms with Gasteiger partial charge in [-0.15, -0.1) is 12.4 Å². The third-order valence-corrected chi connectivity index (χ3v) is 3.47. The minimum atomic E-state index is -0.550. The van der Waals surface area contributed by atoms with Crippen LogP contribution in [0, 0.1) is 15.9 Å². The van der Waals surface area contributed by atoms with Crippen LogP contribution in [0.2, 0.25) is 0 Å². The number of halogens is 2. The van der Waals surface area contributed by atoms with Crippen molar-refractivity contribution in [2.45, 2.75) is 37.8 Å². The van der Waals surface area contributed by atoms with Crippen molar-refractivity contribution in [1.29, 1.82) is 0 Å². The summed E-state index contributed by atoms with van der Waals surface area (Å²) >= 11 is 0. The Morgan fingerprint density at radius 3 is 2.75 bits per heavy atom. The number of ether oxygens (including phenoxy) is 1. The highest BCUT2D eigenvalue weighted by molar-refractivity contribution is 5.85. The zero-order chi connectivity index (χ0) is 13.8. The molecule has 7 heteroatoms. The fraction of sp³-hybridized carbons (Fsp3) is 0.538. The first-order valence-corrected chi connectivity index (χ1v) is 6.39. The molecule has 2 atom stereocenters. The van der Waals surface area contributed by atoms with Crippen molar-refractivity contribution in [2.75, 3.05) is 7.05 Å². The van der Waals surface area contributed by atoms with Gasteiger partial charge in [-0.2, -0.15) is 0 Å². The predicted molar refractivity (Wildman–Crippen MR) is 76.0 cm³/mol. The molecule has 1 aromatic carbocycles. The van der Waals surface area contributed by atoms with Crippen molar-refractivity contribution < 1.29 is 14.1 Å². The van der Waals surface area contributed by atoms with Crippen molar-refractivity contribution in [1.82, 2.24) is 5.32 Å². The Bertz CT molecular complexity index is 473. The van der Waals surface area contributed by atoms with Crippen LogP contribution in [0.4, 0.5) is 10.1 Å². The third-order valence-electron chi connectivity index (χ3n) is 3.47. The number of hydrogen-bond acceptors (Lipinski definition) is 4. The van der Waals surface area contributed by atoms with E-state index in [1.165, 1.54) is 0 Å². The summed E-state index contributed by atoms with van der Waals surface area (Å²) in [5.41, 5.74) is -0.193. The first-order valence-electron chi connectivity index (χ1n) is 6.39. The average Bonchev–Trinajstić information content (AvgIpc) is 2.39. The van der Waals surface area contributed by atoms with Crippen molar-refractivity contribution >= 4 is 18.1 Å². The molecule has 2 rings (SSSR count). The van der Waals surface area contributed by atoms with Crippen LogP contribution in [0.5, 0.6) is 5.75 Å². The molecule has 1 saturated carbocycles. The number of hydrogen-bond donors (Lipinski definition) is 1. The summed E-state index contributed by atoms with van der Waals surface area (Å²) in [4.78, 5) is 10.4. The van der Waals surface area contributed by atoms with E-state index in [2.05, 4.69) is 5.32 Å². The Kier molecular flexibility index (Phi) is 6.16. The molecule has 0 aliphatic heterocycles. The van der Waals surface area contributed by atoms with Gasteiger partial charge >= 0.3 is 5.69 Å². The van der Waals surface area contributed by atoms with E-state index in [1.807, 2.05) is 7.05 Å². The van der Waals surface area contributed by atoms with Crippen LogP contribution in [-0.2, 0) is 0 Å². The Morgan fingerprint density at radius 1 is 1.40 bits per heavy atom. The highest BCUT2D eigenvalue weighted by Crippen LogP contribution is 2.31. The van der Waals surface area contributed by atoms with Crippen molar-refractivity contribution in [3.63, 3.8) is 0 Å². The van der Waals surface area contributed by atoms with Crippen LogP contribution in [0.25, 0.3) is 0 Å². The van der Waals surface area contributed by atoms with Gasteiger partial charge in [-0.3, -0.25) is 10.1 Å². The summed E-state index contributed by atoms with van der Waals surface area (Å²) in [5, 5.41) is 14.1. The maximum Gasteiger partial charge on any atom is 0.311 e. The van der Waals surface area contributed by atoms with Gasteiger partial charge in [0, 0.05) is 18.2 Å². The first-order chi connectivity index (χ1) is 9.11. The monoisotopic (exact) mass is 304 g/mol. The van der Waals surface area contributed by atoms with E-state index >= 15 is 0 Å². The Hall–Kier alpha value is -1.40. The minimum Gasteiger partial charge on any atom is -0.482 e. The van der Waals surface area contributed by atoms with E-state index in [1.54, 1.807) is 0 Å². The molecule has 0 unspecified atom stereocenters. The van der Waals surface area contributed by atoms with E-state index in [9.17, 15) is 14.5 Å². The molecule has 0 saturated heterocycles. The molecule has 20 heavy (non-hydrogen) atoms. The van der Waals surface area contributed by atoms with Gasteiger partial charge < -0.3 is 10.1 Å². The normalized spacial score (nSPS) is 21.9. The van der Waals surface area contributed by atoms with Crippen LogP contribution in [-0.4, -0.2) is 24.1 Å². The molecule has 0 heterocycles. The van der Waals surface area contributed by atoms with Crippen LogP contribution in [0.15, 0.2) is 18.2 Å². The summed E-state index contributed by atoms with van der Waals surface area (Å²) in [7, 11) is 1.84. The molecule has 0 amide bonds. The van der Waals surface area contributed by atoms with Gasteiger partial charge in [-0.05, 0) is 32.4 Å².